The lowest BCUT2D eigenvalue weighted by atomic mass is 9.64. The van der Waals surface area contributed by atoms with Crippen LogP contribution < -0.4 is 0 Å². The second kappa shape index (κ2) is 8.27. The Bertz CT molecular complexity index is 846. The van der Waals surface area contributed by atoms with Crippen LogP contribution in [0.3, 0.4) is 0 Å². The molecule has 3 unspecified atom stereocenters. The summed E-state index contributed by atoms with van der Waals surface area (Å²) in [4.78, 5) is 0. The van der Waals surface area contributed by atoms with Crippen LogP contribution in [0.25, 0.3) is 0 Å². The van der Waals surface area contributed by atoms with Crippen molar-refractivity contribution in [2.45, 2.75) is 72.6 Å². The predicted molar refractivity (Wildman–Crippen MR) is 122 cm³/mol. The van der Waals surface area contributed by atoms with Gasteiger partial charge in [-0.25, -0.2) is 0 Å². The van der Waals surface area contributed by atoms with Crippen molar-refractivity contribution in [3.63, 3.8) is 0 Å². The second-order valence-electron chi connectivity index (χ2n) is 9.12. The van der Waals surface area contributed by atoms with Crippen molar-refractivity contribution in [1.82, 2.24) is 0 Å². The summed E-state index contributed by atoms with van der Waals surface area (Å²) < 4.78 is 0. The SMILES string of the molecule is CCC=CC=C(CCCC)C1=C2C=C(C)C=C3C4=C(CCC=C4)C(C(C)C1)C32. The topological polar surface area (TPSA) is 0 Å². The molecule has 4 rings (SSSR count). The fourth-order valence-electron chi connectivity index (χ4n) is 5.87. The zero-order valence-corrected chi connectivity index (χ0v) is 18.2. The van der Waals surface area contributed by atoms with Gasteiger partial charge in [0.1, 0.15) is 0 Å². The molecule has 0 N–H and O–H groups in total. The normalized spacial score (nSPS) is 29.3. The van der Waals surface area contributed by atoms with Crippen molar-refractivity contribution in [3.05, 3.63) is 81.5 Å². The minimum Gasteiger partial charge on any atom is -0.0848 e. The van der Waals surface area contributed by atoms with Crippen molar-refractivity contribution in [2.75, 3.05) is 0 Å². The van der Waals surface area contributed by atoms with E-state index < -0.39 is 0 Å². The summed E-state index contributed by atoms with van der Waals surface area (Å²) in [6.45, 7) is 9.33. The van der Waals surface area contributed by atoms with E-state index in [1.807, 2.05) is 0 Å². The van der Waals surface area contributed by atoms with Crippen LogP contribution in [0.1, 0.15) is 72.6 Å². The minimum absolute atomic E-state index is 0.607. The molecule has 0 radical (unpaired) electrons. The van der Waals surface area contributed by atoms with Gasteiger partial charge in [-0.1, -0.05) is 80.9 Å². The van der Waals surface area contributed by atoms with E-state index in [4.69, 9.17) is 0 Å². The molecule has 4 aliphatic carbocycles. The van der Waals surface area contributed by atoms with E-state index in [1.54, 1.807) is 33.4 Å². The van der Waals surface area contributed by atoms with E-state index in [-0.39, 0.29) is 0 Å². The van der Waals surface area contributed by atoms with Crippen LogP contribution in [-0.4, -0.2) is 0 Å². The van der Waals surface area contributed by atoms with Gasteiger partial charge in [0, 0.05) is 5.92 Å². The highest BCUT2D eigenvalue weighted by atomic mass is 14.5. The standard InChI is InChI=1S/C28H36/c1-5-7-9-13-21(12-8-6-2)24-18-20(4)27-23-15-11-10-14-22(23)25-16-19(3)17-26(24)28(25)27/h7,9-10,13-14,16-17,20,27-28H,5-6,8,11-12,15,18H2,1-4H3. The third kappa shape index (κ3) is 3.36. The van der Waals surface area contributed by atoms with Crippen molar-refractivity contribution in [1.29, 1.82) is 0 Å². The van der Waals surface area contributed by atoms with E-state index >= 15 is 0 Å². The molecule has 0 saturated carbocycles. The van der Waals surface area contributed by atoms with Gasteiger partial charge in [0.25, 0.3) is 0 Å². The van der Waals surface area contributed by atoms with Gasteiger partial charge in [0.15, 0.2) is 0 Å². The van der Waals surface area contributed by atoms with Crippen molar-refractivity contribution in [3.8, 4) is 0 Å². The third-order valence-electron chi connectivity index (χ3n) is 7.06. The van der Waals surface area contributed by atoms with Crippen molar-refractivity contribution < 1.29 is 0 Å². The van der Waals surface area contributed by atoms with Gasteiger partial charge < -0.3 is 0 Å². The van der Waals surface area contributed by atoms with Gasteiger partial charge in [0.2, 0.25) is 0 Å². The summed E-state index contributed by atoms with van der Waals surface area (Å²) in [5.41, 5.74) is 11.3. The summed E-state index contributed by atoms with van der Waals surface area (Å²) >= 11 is 0. The zero-order chi connectivity index (χ0) is 19.7. The third-order valence-corrected chi connectivity index (χ3v) is 7.06. The number of allylic oxidation sites excluding steroid dienone is 14. The summed E-state index contributed by atoms with van der Waals surface area (Å²) in [7, 11) is 0. The maximum Gasteiger partial charge on any atom is 0.0167 e. The van der Waals surface area contributed by atoms with Gasteiger partial charge in [-0.2, -0.15) is 0 Å². The summed E-state index contributed by atoms with van der Waals surface area (Å²) in [6, 6.07) is 0. The molecule has 3 atom stereocenters. The summed E-state index contributed by atoms with van der Waals surface area (Å²) in [6.07, 6.45) is 25.5. The highest BCUT2D eigenvalue weighted by Crippen LogP contribution is 2.58. The first-order chi connectivity index (χ1) is 13.7. The Labute approximate surface area is 172 Å². The molecule has 0 spiro atoms. The Morgan fingerprint density at radius 1 is 1.21 bits per heavy atom. The van der Waals surface area contributed by atoms with Gasteiger partial charge in [-0.15, -0.1) is 0 Å². The fourth-order valence-corrected chi connectivity index (χ4v) is 5.87. The molecule has 148 valence electrons. The first-order valence-corrected chi connectivity index (χ1v) is 11.5. The molecule has 0 nitrogen and oxygen atoms in total. The highest BCUT2D eigenvalue weighted by Gasteiger charge is 2.46. The molecule has 0 aromatic carbocycles. The van der Waals surface area contributed by atoms with E-state index in [2.05, 4.69) is 70.2 Å². The largest absolute Gasteiger partial charge is 0.0848 e. The Balaban J connectivity index is 1.82. The van der Waals surface area contributed by atoms with Crippen LogP contribution in [0.4, 0.5) is 0 Å². The Kier molecular flexibility index (Phi) is 5.76. The van der Waals surface area contributed by atoms with E-state index in [0.717, 1.165) is 18.3 Å². The predicted octanol–water partition coefficient (Wildman–Crippen LogP) is 8.18. The molecule has 28 heavy (non-hydrogen) atoms. The molecule has 0 aromatic heterocycles. The quantitative estimate of drug-likeness (QED) is 0.412. The van der Waals surface area contributed by atoms with Gasteiger partial charge >= 0.3 is 0 Å². The minimum atomic E-state index is 0.607. The molecule has 0 amide bonds. The molecule has 4 aliphatic rings. The monoisotopic (exact) mass is 372 g/mol. The van der Waals surface area contributed by atoms with Crippen LogP contribution in [0.2, 0.25) is 0 Å². The molecular weight excluding hydrogens is 336 g/mol. The number of hydrogen-bond donors (Lipinski definition) is 0. The molecule has 0 fully saturated rings. The van der Waals surface area contributed by atoms with E-state index in [0.29, 0.717) is 5.92 Å². The summed E-state index contributed by atoms with van der Waals surface area (Å²) in [5, 5.41) is 0. The number of rotatable bonds is 6. The average Bonchev–Trinajstić information content (AvgIpc) is 3.03. The highest BCUT2D eigenvalue weighted by molar-refractivity contribution is 5.65. The van der Waals surface area contributed by atoms with Crippen LogP contribution in [0.15, 0.2) is 81.5 Å². The van der Waals surface area contributed by atoms with Crippen LogP contribution >= 0.6 is 0 Å². The smallest absolute Gasteiger partial charge is 0.0167 e. The van der Waals surface area contributed by atoms with Gasteiger partial charge in [0.05, 0.1) is 0 Å². The lowest BCUT2D eigenvalue weighted by Gasteiger charge is -2.39. The van der Waals surface area contributed by atoms with Gasteiger partial charge in [-0.3, -0.25) is 0 Å². The molecule has 0 aromatic rings. The van der Waals surface area contributed by atoms with E-state index in [1.165, 1.54) is 44.1 Å². The lowest BCUT2D eigenvalue weighted by Crippen LogP contribution is -2.29. The molecule has 0 heteroatoms. The average molecular weight is 373 g/mol. The number of unbranched alkanes of at least 4 members (excludes halogenated alkanes) is 1. The maximum atomic E-state index is 2.52. The number of hydrogen-bond acceptors (Lipinski definition) is 0. The Hall–Kier alpha value is -1.82. The first kappa shape index (κ1) is 19.5. The van der Waals surface area contributed by atoms with Crippen molar-refractivity contribution in [2.24, 2.45) is 17.8 Å². The first-order valence-electron chi connectivity index (χ1n) is 11.5. The molecule has 0 saturated heterocycles. The van der Waals surface area contributed by atoms with E-state index in [9.17, 15) is 0 Å². The lowest BCUT2D eigenvalue weighted by molar-refractivity contribution is 0.329. The van der Waals surface area contributed by atoms with Crippen LogP contribution in [0, 0.1) is 17.8 Å². The molecule has 0 aliphatic heterocycles. The van der Waals surface area contributed by atoms with Crippen LogP contribution in [-0.2, 0) is 0 Å². The van der Waals surface area contributed by atoms with Gasteiger partial charge in [-0.05, 0) is 85.2 Å². The second-order valence-corrected chi connectivity index (χ2v) is 9.12. The summed E-state index contributed by atoms with van der Waals surface area (Å²) in [5.74, 6) is 2.07. The molecular formula is C28H36. The van der Waals surface area contributed by atoms with Crippen LogP contribution in [0.5, 0.6) is 0 Å². The molecule has 0 heterocycles. The Morgan fingerprint density at radius 3 is 2.86 bits per heavy atom. The maximum absolute atomic E-state index is 2.52. The Morgan fingerprint density at radius 2 is 2.07 bits per heavy atom. The van der Waals surface area contributed by atoms with Crippen molar-refractivity contribution >= 4 is 0 Å². The number of fused-ring (bicyclic) bond motifs is 2. The molecule has 0 bridgehead atoms. The fraction of sp³-hybridized carbons (Fsp3) is 0.500. The zero-order valence-electron chi connectivity index (χ0n) is 18.2.